The Morgan fingerprint density at radius 3 is 2.30 bits per heavy atom. The number of rotatable bonds is 2. The molecule has 0 aromatic carbocycles. The summed E-state index contributed by atoms with van der Waals surface area (Å²) in [6, 6.07) is -0.0735. The number of carbonyl (C=O) groups is 3. The maximum Gasteiger partial charge on any atom is 0.230 e. The topological polar surface area (TPSA) is 57.7 Å². The smallest absolute Gasteiger partial charge is 0.230 e. The Kier molecular flexibility index (Phi) is 2.53. The van der Waals surface area contributed by atoms with Gasteiger partial charge in [-0.3, -0.25) is 19.3 Å². The zero-order valence-corrected chi connectivity index (χ0v) is 11.3. The zero-order valence-electron chi connectivity index (χ0n) is 11.3. The van der Waals surface area contributed by atoms with Crippen LogP contribution in [0.25, 0.3) is 0 Å². The Morgan fingerprint density at radius 1 is 1.05 bits per heavy atom. The van der Waals surface area contributed by atoms with Crippen molar-refractivity contribution < 1.29 is 14.4 Å². The Bertz CT molecular complexity index is 505. The second-order valence-corrected chi connectivity index (χ2v) is 6.44. The molecule has 2 aliphatic carbocycles. The number of likely N-dealkylation sites (tertiary alicyclic amines) is 2. The average Bonchev–Trinajstić information content (AvgIpc) is 3.07. The van der Waals surface area contributed by atoms with Crippen molar-refractivity contribution in [2.75, 3.05) is 13.1 Å². The second-order valence-electron chi connectivity index (χ2n) is 6.44. The number of imide groups is 1. The molecule has 2 heterocycles. The van der Waals surface area contributed by atoms with Crippen LogP contribution in [0.15, 0.2) is 12.2 Å². The van der Waals surface area contributed by atoms with E-state index in [-0.39, 0.29) is 29.7 Å². The number of fused-ring (bicyclic) bond motifs is 2. The molecule has 2 aliphatic heterocycles. The van der Waals surface area contributed by atoms with Gasteiger partial charge in [0.25, 0.3) is 0 Å². The van der Waals surface area contributed by atoms with Crippen molar-refractivity contribution in [2.45, 2.75) is 31.7 Å². The van der Waals surface area contributed by atoms with Crippen LogP contribution in [-0.2, 0) is 14.4 Å². The first-order valence-corrected chi connectivity index (χ1v) is 7.45. The summed E-state index contributed by atoms with van der Waals surface area (Å²) in [4.78, 5) is 38.9. The fraction of sp³-hybridized carbons (Fsp3) is 0.667. The molecular formula is C15H18N2O3. The van der Waals surface area contributed by atoms with E-state index < -0.39 is 0 Å². The van der Waals surface area contributed by atoms with Crippen LogP contribution in [0.2, 0.25) is 0 Å². The lowest BCUT2D eigenvalue weighted by molar-refractivity contribution is -0.154. The number of hydrogen-bond donors (Lipinski definition) is 0. The van der Waals surface area contributed by atoms with Crippen molar-refractivity contribution in [3.63, 3.8) is 0 Å². The Morgan fingerprint density at radius 2 is 1.75 bits per heavy atom. The highest BCUT2D eigenvalue weighted by Crippen LogP contribution is 2.44. The first-order chi connectivity index (χ1) is 9.63. The summed E-state index contributed by atoms with van der Waals surface area (Å²) in [6.45, 7) is 1.07. The third kappa shape index (κ3) is 1.65. The minimum absolute atomic E-state index is 0.0735. The lowest BCUT2D eigenvalue weighted by Crippen LogP contribution is -2.63. The predicted molar refractivity (Wildman–Crippen MR) is 70.3 cm³/mol. The molecular weight excluding hydrogens is 256 g/mol. The van der Waals surface area contributed by atoms with Crippen molar-refractivity contribution in [3.8, 4) is 0 Å². The number of amides is 3. The normalized spacial score (nSPS) is 36.1. The maximum atomic E-state index is 12.4. The summed E-state index contributed by atoms with van der Waals surface area (Å²) in [5.74, 6) is 1.22. The molecule has 3 unspecified atom stereocenters. The van der Waals surface area contributed by atoms with E-state index in [0.717, 1.165) is 12.8 Å². The van der Waals surface area contributed by atoms with Gasteiger partial charge in [-0.1, -0.05) is 12.2 Å². The Labute approximate surface area is 117 Å². The number of allylic oxidation sites excluding steroid dienone is 2. The molecule has 5 nitrogen and oxygen atoms in total. The van der Waals surface area contributed by atoms with Gasteiger partial charge in [-0.05, 0) is 24.7 Å². The minimum Gasteiger partial charge on any atom is -0.338 e. The molecule has 0 N–H and O–H groups in total. The highest BCUT2D eigenvalue weighted by Gasteiger charge is 2.47. The molecule has 1 saturated carbocycles. The number of nitrogens with zero attached hydrogens (tertiary/aromatic N) is 2. The summed E-state index contributed by atoms with van der Waals surface area (Å²) in [5, 5.41) is 0. The molecule has 0 spiro atoms. The summed E-state index contributed by atoms with van der Waals surface area (Å²) in [5.41, 5.74) is 0. The first-order valence-electron chi connectivity index (χ1n) is 7.45. The molecule has 3 amide bonds. The van der Waals surface area contributed by atoms with Crippen LogP contribution in [0, 0.1) is 17.8 Å². The first kappa shape index (κ1) is 12.1. The van der Waals surface area contributed by atoms with Gasteiger partial charge < -0.3 is 4.90 Å². The van der Waals surface area contributed by atoms with Gasteiger partial charge in [0, 0.05) is 31.8 Å². The maximum absolute atomic E-state index is 12.4. The lowest BCUT2D eigenvalue weighted by atomic mass is 9.90. The molecule has 2 saturated heterocycles. The van der Waals surface area contributed by atoms with Crippen molar-refractivity contribution >= 4 is 17.7 Å². The van der Waals surface area contributed by atoms with E-state index in [0.29, 0.717) is 37.8 Å². The van der Waals surface area contributed by atoms with Crippen LogP contribution >= 0.6 is 0 Å². The van der Waals surface area contributed by atoms with Gasteiger partial charge in [0.2, 0.25) is 17.7 Å². The van der Waals surface area contributed by atoms with Crippen molar-refractivity contribution in [1.82, 2.24) is 9.80 Å². The Hall–Kier alpha value is -1.65. The average molecular weight is 274 g/mol. The zero-order chi connectivity index (χ0) is 13.9. The fourth-order valence-electron chi connectivity index (χ4n) is 4.10. The molecule has 3 atom stereocenters. The van der Waals surface area contributed by atoms with Crippen LogP contribution in [0.5, 0.6) is 0 Å². The van der Waals surface area contributed by atoms with Gasteiger partial charge in [0.05, 0.1) is 6.04 Å². The molecule has 0 aromatic heterocycles. The van der Waals surface area contributed by atoms with E-state index in [1.165, 1.54) is 4.90 Å². The summed E-state index contributed by atoms with van der Waals surface area (Å²) >= 11 is 0. The third-order valence-electron chi connectivity index (χ3n) is 5.23. The van der Waals surface area contributed by atoms with E-state index in [1.54, 1.807) is 0 Å². The van der Waals surface area contributed by atoms with Gasteiger partial charge in [-0.2, -0.15) is 0 Å². The largest absolute Gasteiger partial charge is 0.338 e. The van der Waals surface area contributed by atoms with E-state index >= 15 is 0 Å². The third-order valence-corrected chi connectivity index (χ3v) is 5.23. The van der Waals surface area contributed by atoms with Crippen molar-refractivity contribution in [1.29, 1.82) is 0 Å². The summed E-state index contributed by atoms with van der Waals surface area (Å²) in [7, 11) is 0. The van der Waals surface area contributed by atoms with Gasteiger partial charge in [0.1, 0.15) is 0 Å². The fourth-order valence-corrected chi connectivity index (χ4v) is 4.10. The minimum atomic E-state index is -0.0741. The van der Waals surface area contributed by atoms with Crippen LogP contribution < -0.4 is 0 Å². The van der Waals surface area contributed by atoms with Gasteiger partial charge in [-0.25, -0.2) is 0 Å². The molecule has 5 heteroatoms. The summed E-state index contributed by atoms with van der Waals surface area (Å²) in [6.07, 6.45) is 7.18. The molecule has 0 aromatic rings. The van der Waals surface area contributed by atoms with Crippen LogP contribution in [0.3, 0.4) is 0 Å². The van der Waals surface area contributed by atoms with Gasteiger partial charge in [-0.15, -0.1) is 0 Å². The number of hydrogen-bond acceptors (Lipinski definition) is 3. The number of carbonyl (C=O) groups excluding carboxylic acids is 3. The van der Waals surface area contributed by atoms with E-state index in [1.807, 2.05) is 4.90 Å². The summed E-state index contributed by atoms with van der Waals surface area (Å²) < 4.78 is 0. The standard InChI is InChI=1S/C15H18N2O3/c18-13-3-4-14(19)17(13)11-7-16(8-11)15(20)12-6-9-1-2-10(12)5-9/h1-2,9-12H,3-8H2. The molecule has 2 bridgehead atoms. The second kappa shape index (κ2) is 4.17. The van der Waals surface area contributed by atoms with Gasteiger partial charge in [0.15, 0.2) is 0 Å². The lowest BCUT2D eigenvalue weighted by Gasteiger charge is -2.44. The van der Waals surface area contributed by atoms with Gasteiger partial charge >= 0.3 is 0 Å². The van der Waals surface area contributed by atoms with E-state index in [4.69, 9.17) is 0 Å². The predicted octanol–water partition coefficient (Wildman–Crippen LogP) is 0.558. The molecule has 106 valence electrons. The molecule has 3 fully saturated rings. The molecule has 20 heavy (non-hydrogen) atoms. The van der Waals surface area contributed by atoms with E-state index in [2.05, 4.69) is 12.2 Å². The van der Waals surface area contributed by atoms with Crippen molar-refractivity contribution in [3.05, 3.63) is 12.2 Å². The quantitative estimate of drug-likeness (QED) is 0.546. The highest BCUT2D eigenvalue weighted by atomic mass is 16.2. The van der Waals surface area contributed by atoms with Crippen molar-refractivity contribution in [2.24, 2.45) is 17.8 Å². The molecule has 4 aliphatic rings. The van der Waals surface area contributed by atoms with Crippen LogP contribution in [0.1, 0.15) is 25.7 Å². The SMILES string of the molecule is O=C(C1CC2C=CC1C2)N1CC(N2C(=O)CCC2=O)C1. The monoisotopic (exact) mass is 274 g/mol. The highest BCUT2D eigenvalue weighted by molar-refractivity contribution is 6.02. The molecule has 0 radical (unpaired) electrons. The Balaban J connectivity index is 1.37. The van der Waals surface area contributed by atoms with Crippen LogP contribution in [-0.4, -0.2) is 46.7 Å². The van der Waals surface area contributed by atoms with Crippen LogP contribution in [0.4, 0.5) is 0 Å². The van der Waals surface area contributed by atoms with E-state index in [9.17, 15) is 14.4 Å². The molecule has 4 rings (SSSR count).